The fourth-order valence-electron chi connectivity index (χ4n) is 1.80. The van der Waals surface area contributed by atoms with Crippen molar-refractivity contribution in [1.82, 2.24) is 4.90 Å². The fourth-order valence-corrected chi connectivity index (χ4v) is 1.80. The molecule has 0 radical (unpaired) electrons. The highest BCUT2D eigenvalue weighted by molar-refractivity contribution is 5.82. The molecule has 1 aliphatic rings. The second-order valence-corrected chi connectivity index (χ2v) is 3.67. The maximum atomic E-state index is 11.7. The minimum atomic E-state index is -0.386. The first kappa shape index (κ1) is 12.5. The summed E-state index contributed by atoms with van der Waals surface area (Å²) < 4.78 is 4.51. The van der Waals surface area contributed by atoms with Crippen molar-refractivity contribution < 1.29 is 14.3 Å². The van der Waals surface area contributed by atoms with E-state index in [2.05, 4.69) is 11.3 Å². The van der Waals surface area contributed by atoms with Gasteiger partial charge in [0, 0.05) is 19.0 Å². The molecule has 0 aromatic heterocycles. The Balaban J connectivity index is 2.58. The van der Waals surface area contributed by atoms with Gasteiger partial charge in [-0.05, 0) is 12.8 Å². The molecule has 0 aliphatic carbocycles. The van der Waals surface area contributed by atoms with Crippen LogP contribution in [0.5, 0.6) is 0 Å². The molecule has 0 unspecified atom stereocenters. The van der Waals surface area contributed by atoms with E-state index in [-0.39, 0.29) is 17.9 Å². The van der Waals surface area contributed by atoms with E-state index in [1.807, 2.05) is 0 Å². The first-order chi connectivity index (χ1) is 7.69. The predicted molar refractivity (Wildman–Crippen MR) is 60.7 cm³/mol. The van der Waals surface area contributed by atoms with Gasteiger partial charge in [-0.1, -0.05) is 12.2 Å². The van der Waals surface area contributed by atoms with E-state index in [1.165, 1.54) is 13.2 Å². The van der Waals surface area contributed by atoms with Gasteiger partial charge < -0.3 is 9.64 Å². The minimum Gasteiger partial charge on any atom is -0.466 e. The molecule has 1 amide bonds. The number of likely N-dealkylation sites (tertiary alicyclic amines) is 1. The number of hydrogen-bond donors (Lipinski definition) is 0. The Hall–Kier alpha value is -1.58. The Kier molecular flexibility index (Phi) is 4.76. The van der Waals surface area contributed by atoms with Crippen LogP contribution in [-0.2, 0) is 14.3 Å². The first-order valence-electron chi connectivity index (χ1n) is 5.35. The van der Waals surface area contributed by atoms with Crippen molar-refractivity contribution in [2.75, 3.05) is 13.7 Å². The summed E-state index contributed by atoms with van der Waals surface area (Å²) in [4.78, 5) is 24.4. The lowest BCUT2D eigenvalue weighted by atomic mass is 10.2. The lowest BCUT2D eigenvalue weighted by Crippen LogP contribution is -2.33. The normalized spacial score (nSPS) is 20.1. The van der Waals surface area contributed by atoms with E-state index >= 15 is 0 Å². The summed E-state index contributed by atoms with van der Waals surface area (Å²) in [7, 11) is 1.34. The molecule has 1 fully saturated rings. The van der Waals surface area contributed by atoms with Crippen molar-refractivity contribution in [3.8, 4) is 0 Å². The quantitative estimate of drug-likeness (QED) is 0.410. The standard InChI is InChI=1S/C12H17NO3/c1-3-5-11(14)13-9-4-6-10(13)7-8-12(15)16-2/h3,7-8,10H,1,4-6,9H2,2H3/b8-7+/t10-/m0/s1. The van der Waals surface area contributed by atoms with Crippen LogP contribution < -0.4 is 0 Å². The second-order valence-electron chi connectivity index (χ2n) is 3.67. The molecule has 4 heteroatoms. The third-order valence-electron chi connectivity index (χ3n) is 2.59. The van der Waals surface area contributed by atoms with Crippen LogP contribution in [0.2, 0.25) is 0 Å². The molecule has 88 valence electrons. The van der Waals surface area contributed by atoms with Crippen LogP contribution in [0.4, 0.5) is 0 Å². The molecule has 1 rings (SSSR count). The van der Waals surface area contributed by atoms with Gasteiger partial charge in [0.1, 0.15) is 0 Å². The molecule has 1 aliphatic heterocycles. The van der Waals surface area contributed by atoms with Gasteiger partial charge in [0.2, 0.25) is 5.91 Å². The van der Waals surface area contributed by atoms with Crippen molar-refractivity contribution in [3.05, 3.63) is 24.8 Å². The average Bonchev–Trinajstić information content (AvgIpc) is 2.74. The maximum absolute atomic E-state index is 11.7. The van der Waals surface area contributed by atoms with Crippen LogP contribution >= 0.6 is 0 Å². The minimum absolute atomic E-state index is 0.0200. The van der Waals surface area contributed by atoms with Crippen LogP contribution in [0, 0.1) is 0 Å². The van der Waals surface area contributed by atoms with Crippen molar-refractivity contribution in [2.24, 2.45) is 0 Å². The van der Waals surface area contributed by atoms with Gasteiger partial charge in [-0.3, -0.25) is 4.79 Å². The third-order valence-corrected chi connectivity index (χ3v) is 2.59. The van der Waals surface area contributed by atoms with E-state index in [0.29, 0.717) is 6.42 Å². The highest BCUT2D eigenvalue weighted by Gasteiger charge is 2.25. The summed E-state index contributed by atoms with van der Waals surface area (Å²) in [5.74, 6) is -0.324. The van der Waals surface area contributed by atoms with Crippen molar-refractivity contribution in [1.29, 1.82) is 0 Å². The number of ether oxygens (including phenoxy) is 1. The molecule has 0 spiro atoms. The Labute approximate surface area is 95.6 Å². The lowest BCUT2D eigenvalue weighted by molar-refractivity contribution is -0.135. The monoisotopic (exact) mass is 223 g/mol. The van der Waals surface area contributed by atoms with Gasteiger partial charge in [0.05, 0.1) is 13.2 Å². The summed E-state index contributed by atoms with van der Waals surface area (Å²) in [5.41, 5.74) is 0. The van der Waals surface area contributed by atoms with Crippen molar-refractivity contribution in [3.63, 3.8) is 0 Å². The number of carbonyl (C=O) groups is 2. The van der Waals surface area contributed by atoms with Crippen LogP contribution in [-0.4, -0.2) is 36.5 Å². The zero-order valence-corrected chi connectivity index (χ0v) is 9.52. The Morgan fingerprint density at radius 2 is 2.31 bits per heavy atom. The highest BCUT2D eigenvalue weighted by atomic mass is 16.5. The van der Waals surface area contributed by atoms with Gasteiger partial charge in [0.25, 0.3) is 0 Å². The van der Waals surface area contributed by atoms with Crippen LogP contribution in [0.15, 0.2) is 24.8 Å². The zero-order valence-electron chi connectivity index (χ0n) is 9.52. The molecule has 0 aromatic rings. The molecule has 0 aromatic carbocycles. The van der Waals surface area contributed by atoms with E-state index in [1.54, 1.807) is 17.1 Å². The Morgan fingerprint density at radius 1 is 1.56 bits per heavy atom. The number of methoxy groups -OCH3 is 1. The second kappa shape index (κ2) is 6.10. The molecule has 16 heavy (non-hydrogen) atoms. The molecule has 1 heterocycles. The average molecular weight is 223 g/mol. The van der Waals surface area contributed by atoms with E-state index in [4.69, 9.17) is 0 Å². The first-order valence-corrected chi connectivity index (χ1v) is 5.35. The predicted octanol–water partition coefficient (Wildman–Crippen LogP) is 1.28. The van der Waals surface area contributed by atoms with Gasteiger partial charge >= 0.3 is 5.97 Å². The van der Waals surface area contributed by atoms with Crippen molar-refractivity contribution in [2.45, 2.75) is 25.3 Å². The molecule has 1 atom stereocenters. The number of rotatable bonds is 4. The number of nitrogens with zero attached hydrogens (tertiary/aromatic N) is 1. The summed E-state index contributed by atoms with van der Waals surface area (Å²) in [6, 6.07) is 0.0200. The van der Waals surface area contributed by atoms with Crippen molar-refractivity contribution >= 4 is 11.9 Å². The summed E-state index contributed by atoms with van der Waals surface area (Å²) in [6.45, 7) is 4.30. The highest BCUT2D eigenvalue weighted by Crippen LogP contribution is 2.19. The molecular weight excluding hydrogens is 206 g/mol. The van der Waals surface area contributed by atoms with Gasteiger partial charge in [-0.15, -0.1) is 6.58 Å². The number of carbonyl (C=O) groups excluding carboxylic acids is 2. The Morgan fingerprint density at radius 3 is 2.94 bits per heavy atom. The van der Waals surface area contributed by atoms with E-state index < -0.39 is 0 Å². The van der Waals surface area contributed by atoms with E-state index in [0.717, 1.165) is 19.4 Å². The summed E-state index contributed by atoms with van der Waals surface area (Å²) in [6.07, 6.45) is 6.93. The molecule has 1 saturated heterocycles. The summed E-state index contributed by atoms with van der Waals surface area (Å²) in [5, 5.41) is 0. The van der Waals surface area contributed by atoms with Gasteiger partial charge in [0.15, 0.2) is 0 Å². The number of esters is 1. The van der Waals surface area contributed by atoms with Gasteiger partial charge in [-0.25, -0.2) is 4.79 Å². The van der Waals surface area contributed by atoms with Crippen LogP contribution in [0.3, 0.4) is 0 Å². The topological polar surface area (TPSA) is 46.6 Å². The maximum Gasteiger partial charge on any atom is 0.330 e. The third kappa shape index (κ3) is 3.22. The van der Waals surface area contributed by atoms with Crippen LogP contribution in [0.25, 0.3) is 0 Å². The molecule has 4 nitrogen and oxygen atoms in total. The smallest absolute Gasteiger partial charge is 0.330 e. The van der Waals surface area contributed by atoms with E-state index in [9.17, 15) is 9.59 Å². The van der Waals surface area contributed by atoms with Gasteiger partial charge in [-0.2, -0.15) is 0 Å². The zero-order chi connectivity index (χ0) is 12.0. The largest absolute Gasteiger partial charge is 0.466 e. The molecule has 0 bridgehead atoms. The Bertz CT molecular complexity index is 309. The number of amides is 1. The SMILES string of the molecule is C=CCC(=O)N1CCC[C@H]1/C=C/C(=O)OC. The summed E-state index contributed by atoms with van der Waals surface area (Å²) >= 11 is 0. The molecular formula is C12H17NO3. The van der Waals surface area contributed by atoms with Crippen LogP contribution in [0.1, 0.15) is 19.3 Å². The lowest BCUT2D eigenvalue weighted by Gasteiger charge is -2.21. The molecule has 0 N–H and O–H groups in total. The fraction of sp³-hybridized carbons (Fsp3) is 0.500. The molecule has 0 saturated carbocycles. The number of hydrogen-bond acceptors (Lipinski definition) is 3.